The summed E-state index contributed by atoms with van der Waals surface area (Å²) in [4.78, 5) is 0. The summed E-state index contributed by atoms with van der Waals surface area (Å²) in [6.07, 6.45) is 2.54. The number of nitrogens with one attached hydrogen (secondary N) is 1. The maximum absolute atomic E-state index is 5.83. The van der Waals surface area contributed by atoms with Gasteiger partial charge in [-0.3, -0.25) is 0 Å². The lowest BCUT2D eigenvalue weighted by atomic mass is 9.86. The van der Waals surface area contributed by atoms with E-state index in [0.717, 1.165) is 13.1 Å². The fourth-order valence-electron chi connectivity index (χ4n) is 2.19. The van der Waals surface area contributed by atoms with Crippen LogP contribution in [0.2, 0.25) is 0 Å². The standard InChI is InChI=1S/C16H26N2/c1-12-5-6-13(15(2,3)4)9-14(12)18-11-16(10-17)7-8-16/h5-6,9,18H,7-8,10-11,17H2,1-4H3. The number of hydrogen-bond donors (Lipinski definition) is 2. The molecule has 1 aliphatic carbocycles. The van der Waals surface area contributed by atoms with Gasteiger partial charge in [-0.05, 0) is 54.3 Å². The first kappa shape index (κ1) is 13.4. The Hall–Kier alpha value is -1.02. The predicted molar refractivity (Wildman–Crippen MR) is 79.1 cm³/mol. The van der Waals surface area contributed by atoms with Gasteiger partial charge in [0.05, 0.1) is 0 Å². The number of aryl methyl sites for hydroxylation is 1. The average Bonchev–Trinajstić information content (AvgIpc) is 3.07. The van der Waals surface area contributed by atoms with Crippen LogP contribution in [-0.2, 0) is 5.41 Å². The van der Waals surface area contributed by atoms with Crippen molar-refractivity contribution in [2.45, 2.75) is 46.0 Å². The molecule has 3 N–H and O–H groups in total. The van der Waals surface area contributed by atoms with Crippen molar-refractivity contribution in [1.82, 2.24) is 0 Å². The maximum atomic E-state index is 5.83. The normalized spacial score (nSPS) is 17.6. The Morgan fingerprint density at radius 1 is 1.28 bits per heavy atom. The third-order valence-electron chi connectivity index (χ3n) is 4.15. The number of rotatable bonds is 4. The first-order chi connectivity index (χ1) is 8.36. The molecule has 0 amide bonds. The van der Waals surface area contributed by atoms with Gasteiger partial charge in [-0.2, -0.15) is 0 Å². The van der Waals surface area contributed by atoms with Crippen molar-refractivity contribution in [2.24, 2.45) is 11.1 Å². The van der Waals surface area contributed by atoms with Crippen molar-refractivity contribution < 1.29 is 0 Å². The molecule has 0 bridgehead atoms. The molecule has 1 fully saturated rings. The zero-order valence-corrected chi connectivity index (χ0v) is 12.1. The molecule has 2 nitrogen and oxygen atoms in total. The average molecular weight is 246 g/mol. The van der Waals surface area contributed by atoms with Gasteiger partial charge in [0, 0.05) is 12.2 Å². The molecule has 0 aliphatic heterocycles. The van der Waals surface area contributed by atoms with E-state index in [2.05, 4.69) is 51.2 Å². The van der Waals surface area contributed by atoms with E-state index in [0.29, 0.717) is 5.41 Å². The van der Waals surface area contributed by atoms with Gasteiger partial charge in [-0.1, -0.05) is 32.9 Å². The van der Waals surface area contributed by atoms with Gasteiger partial charge in [-0.25, -0.2) is 0 Å². The van der Waals surface area contributed by atoms with Crippen LogP contribution in [0.15, 0.2) is 18.2 Å². The minimum Gasteiger partial charge on any atom is -0.384 e. The third kappa shape index (κ3) is 2.86. The van der Waals surface area contributed by atoms with Crippen LogP contribution in [0.25, 0.3) is 0 Å². The van der Waals surface area contributed by atoms with Crippen LogP contribution in [0, 0.1) is 12.3 Å². The molecule has 2 rings (SSSR count). The van der Waals surface area contributed by atoms with Crippen molar-refractivity contribution in [1.29, 1.82) is 0 Å². The number of benzene rings is 1. The second kappa shape index (κ2) is 4.58. The third-order valence-corrected chi connectivity index (χ3v) is 4.15. The summed E-state index contributed by atoms with van der Waals surface area (Å²) >= 11 is 0. The fourth-order valence-corrected chi connectivity index (χ4v) is 2.19. The van der Waals surface area contributed by atoms with E-state index < -0.39 is 0 Å². The van der Waals surface area contributed by atoms with Crippen LogP contribution in [0.3, 0.4) is 0 Å². The van der Waals surface area contributed by atoms with Crippen molar-refractivity contribution >= 4 is 5.69 Å². The topological polar surface area (TPSA) is 38.0 Å². The summed E-state index contributed by atoms with van der Waals surface area (Å²) in [6, 6.07) is 6.74. The summed E-state index contributed by atoms with van der Waals surface area (Å²) in [5.74, 6) is 0. The molecule has 2 heteroatoms. The first-order valence-electron chi connectivity index (χ1n) is 6.91. The monoisotopic (exact) mass is 246 g/mol. The molecule has 1 saturated carbocycles. The van der Waals surface area contributed by atoms with E-state index in [1.807, 2.05) is 0 Å². The molecule has 1 aromatic carbocycles. The minimum atomic E-state index is 0.204. The lowest BCUT2D eigenvalue weighted by Gasteiger charge is -2.22. The van der Waals surface area contributed by atoms with Gasteiger partial charge >= 0.3 is 0 Å². The van der Waals surface area contributed by atoms with E-state index in [-0.39, 0.29) is 5.41 Å². The van der Waals surface area contributed by atoms with Gasteiger partial charge in [0.25, 0.3) is 0 Å². The van der Waals surface area contributed by atoms with Crippen LogP contribution >= 0.6 is 0 Å². The molecule has 0 radical (unpaired) electrons. The van der Waals surface area contributed by atoms with Gasteiger partial charge in [0.1, 0.15) is 0 Å². The smallest absolute Gasteiger partial charge is 0.0373 e. The van der Waals surface area contributed by atoms with Crippen molar-refractivity contribution in [3.05, 3.63) is 29.3 Å². The van der Waals surface area contributed by atoms with E-state index in [1.54, 1.807) is 0 Å². The van der Waals surface area contributed by atoms with Crippen LogP contribution in [0.1, 0.15) is 44.7 Å². The largest absolute Gasteiger partial charge is 0.384 e. The second-order valence-electron chi connectivity index (χ2n) is 6.84. The number of hydrogen-bond acceptors (Lipinski definition) is 2. The first-order valence-corrected chi connectivity index (χ1v) is 6.91. The quantitative estimate of drug-likeness (QED) is 0.854. The van der Waals surface area contributed by atoms with Crippen molar-refractivity contribution in [3.8, 4) is 0 Å². The SMILES string of the molecule is Cc1ccc(C(C)(C)C)cc1NCC1(CN)CC1. The summed E-state index contributed by atoms with van der Waals surface area (Å²) in [7, 11) is 0. The van der Waals surface area contributed by atoms with Crippen LogP contribution in [0.4, 0.5) is 5.69 Å². The molecular formula is C16H26N2. The van der Waals surface area contributed by atoms with E-state index >= 15 is 0 Å². The fraction of sp³-hybridized carbons (Fsp3) is 0.625. The highest BCUT2D eigenvalue weighted by Gasteiger charge is 2.40. The molecule has 0 spiro atoms. The molecule has 1 aliphatic rings. The molecule has 1 aromatic rings. The van der Waals surface area contributed by atoms with Gasteiger partial charge < -0.3 is 11.1 Å². The Kier molecular flexibility index (Phi) is 3.41. The molecule has 18 heavy (non-hydrogen) atoms. The Balaban J connectivity index is 2.12. The zero-order chi connectivity index (χ0) is 13.4. The summed E-state index contributed by atoms with van der Waals surface area (Å²) in [5, 5.41) is 3.60. The summed E-state index contributed by atoms with van der Waals surface area (Å²) < 4.78 is 0. The highest BCUT2D eigenvalue weighted by Crippen LogP contribution is 2.44. The van der Waals surface area contributed by atoms with Crippen molar-refractivity contribution in [3.63, 3.8) is 0 Å². The van der Waals surface area contributed by atoms with E-state index in [4.69, 9.17) is 5.73 Å². The Bertz CT molecular complexity index is 425. The molecular weight excluding hydrogens is 220 g/mol. The van der Waals surface area contributed by atoms with Crippen LogP contribution in [-0.4, -0.2) is 13.1 Å². The predicted octanol–water partition coefficient (Wildman–Crippen LogP) is 3.44. The molecule has 0 aromatic heterocycles. The van der Waals surface area contributed by atoms with Crippen LogP contribution in [0.5, 0.6) is 0 Å². The molecule has 0 unspecified atom stereocenters. The zero-order valence-electron chi connectivity index (χ0n) is 12.1. The summed E-state index contributed by atoms with van der Waals surface area (Å²) in [5.41, 5.74) is 10.4. The van der Waals surface area contributed by atoms with E-state index in [1.165, 1.54) is 29.7 Å². The van der Waals surface area contributed by atoms with Gasteiger partial charge in [0.2, 0.25) is 0 Å². The van der Waals surface area contributed by atoms with E-state index in [9.17, 15) is 0 Å². The lowest BCUT2D eigenvalue weighted by Crippen LogP contribution is -2.24. The highest BCUT2D eigenvalue weighted by molar-refractivity contribution is 5.54. The molecule has 0 heterocycles. The lowest BCUT2D eigenvalue weighted by molar-refractivity contribution is 0.555. The van der Waals surface area contributed by atoms with Crippen LogP contribution < -0.4 is 11.1 Å². The Labute approximate surface area is 111 Å². The second-order valence-corrected chi connectivity index (χ2v) is 6.84. The Morgan fingerprint density at radius 2 is 1.94 bits per heavy atom. The maximum Gasteiger partial charge on any atom is 0.0373 e. The highest BCUT2D eigenvalue weighted by atomic mass is 14.9. The van der Waals surface area contributed by atoms with Gasteiger partial charge in [0.15, 0.2) is 0 Å². The number of nitrogens with two attached hydrogens (primary N) is 1. The molecule has 100 valence electrons. The minimum absolute atomic E-state index is 0.204. The van der Waals surface area contributed by atoms with Crippen molar-refractivity contribution in [2.75, 3.05) is 18.4 Å². The summed E-state index contributed by atoms with van der Waals surface area (Å²) in [6.45, 7) is 10.7. The molecule has 0 atom stereocenters. The Morgan fingerprint density at radius 3 is 2.44 bits per heavy atom. The number of anilines is 1. The van der Waals surface area contributed by atoms with Gasteiger partial charge in [-0.15, -0.1) is 0 Å². The molecule has 0 saturated heterocycles.